The Kier molecular flexibility index (Phi) is 6.27. The minimum absolute atomic E-state index is 0. The van der Waals surface area contributed by atoms with Crippen LogP contribution < -0.4 is 0 Å². The van der Waals surface area contributed by atoms with Gasteiger partial charge in [-0.25, -0.2) is 0 Å². The molecule has 0 aromatic heterocycles. The van der Waals surface area contributed by atoms with Gasteiger partial charge in [-0.1, -0.05) is 15.9 Å². The summed E-state index contributed by atoms with van der Waals surface area (Å²) in [7, 11) is 0. The first-order valence-electron chi connectivity index (χ1n) is 3.22. The number of halogens is 2. The van der Waals surface area contributed by atoms with Crippen molar-refractivity contribution in [1.82, 2.24) is 4.90 Å². The number of rotatable bonds is 3. The normalized spacial score (nSPS) is 18.3. The van der Waals surface area contributed by atoms with Crippen molar-refractivity contribution in [3.8, 4) is 0 Å². The van der Waals surface area contributed by atoms with Crippen molar-refractivity contribution in [3.63, 3.8) is 0 Å². The summed E-state index contributed by atoms with van der Waals surface area (Å²) < 4.78 is 0. The van der Waals surface area contributed by atoms with Crippen LogP contribution in [0.15, 0.2) is 0 Å². The molecule has 0 radical (unpaired) electrons. The van der Waals surface area contributed by atoms with Gasteiger partial charge in [-0.2, -0.15) is 0 Å². The molecule has 1 saturated heterocycles. The van der Waals surface area contributed by atoms with E-state index in [9.17, 15) is 0 Å². The topological polar surface area (TPSA) is 3.24 Å². The summed E-state index contributed by atoms with van der Waals surface area (Å²) in [5, 5.41) is 1.16. The summed E-state index contributed by atoms with van der Waals surface area (Å²) in [4.78, 5) is 2.49. The molecule has 3 heteroatoms. The average Bonchev–Trinajstić information content (AvgIpc) is 1.63. The van der Waals surface area contributed by atoms with Crippen LogP contribution in [0.25, 0.3) is 0 Å². The van der Waals surface area contributed by atoms with E-state index in [1.165, 1.54) is 32.5 Å². The second kappa shape index (κ2) is 5.69. The highest BCUT2D eigenvalue weighted by Gasteiger charge is 2.11. The number of alkyl halides is 1. The smallest absolute Gasteiger partial charge is 0.00434 e. The van der Waals surface area contributed by atoms with E-state index in [-0.39, 0.29) is 17.0 Å². The van der Waals surface area contributed by atoms with Crippen LogP contribution in [0.1, 0.15) is 12.8 Å². The molecule has 0 amide bonds. The molecule has 1 aliphatic rings. The van der Waals surface area contributed by atoms with E-state index in [4.69, 9.17) is 0 Å². The first kappa shape index (κ1) is 9.92. The molecule has 1 rings (SSSR count). The minimum Gasteiger partial charge on any atom is -0.303 e. The molecule has 0 spiro atoms. The first-order chi connectivity index (χ1) is 3.93. The zero-order valence-electron chi connectivity index (χ0n) is 5.48. The summed E-state index contributed by atoms with van der Waals surface area (Å²) in [5.74, 6) is 0. The molecule has 0 atom stereocenters. The van der Waals surface area contributed by atoms with Crippen molar-refractivity contribution in [2.24, 2.45) is 0 Å². The van der Waals surface area contributed by atoms with Crippen LogP contribution in [0.5, 0.6) is 0 Å². The van der Waals surface area contributed by atoms with Crippen LogP contribution in [0.4, 0.5) is 0 Å². The lowest BCUT2D eigenvalue weighted by Gasteiger charge is -2.30. The van der Waals surface area contributed by atoms with Crippen molar-refractivity contribution in [2.45, 2.75) is 12.8 Å². The average molecular weight is 259 g/mol. The molecule has 1 aliphatic heterocycles. The van der Waals surface area contributed by atoms with Crippen LogP contribution in [-0.4, -0.2) is 29.9 Å². The number of hydrogen-bond donors (Lipinski definition) is 0. The van der Waals surface area contributed by atoms with Crippen molar-refractivity contribution >= 4 is 32.9 Å². The molecule has 1 heterocycles. The highest BCUT2D eigenvalue weighted by Crippen LogP contribution is 2.05. The third-order valence-electron chi connectivity index (χ3n) is 1.56. The third kappa shape index (κ3) is 3.58. The molecule has 1 nitrogen and oxygen atoms in total. The van der Waals surface area contributed by atoms with Gasteiger partial charge in [0.25, 0.3) is 0 Å². The predicted octanol–water partition coefficient (Wildman–Crippen LogP) is 2.06. The quantitative estimate of drug-likeness (QED) is 0.701. The molecule has 0 bridgehead atoms. The van der Waals surface area contributed by atoms with Crippen LogP contribution in [-0.2, 0) is 0 Å². The molecule has 0 aromatic rings. The molecule has 0 unspecified atom stereocenters. The maximum absolute atomic E-state index is 3.40. The van der Waals surface area contributed by atoms with Crippen molar-refractivity contribution < 1.29 is 0 Å². The summed E-state index contributed by atoms with van der Waals surface area (Å²) in [6.45, 7) is 3.98. The fourth-order valence-electron chi connectivity index (χ4n) is 0.889. The van der Waals surface area contributed by atoms with Crippen LogP contribution in [0.3, 0.4) is 0 Å². The Hall–Kier alpha value is 0.920. The molecule has 1 fully saturated rings. The first-order valence-corrected chi connectivity index (χ1v) is 4.34. The zero-order chi connectivity index (χ0) is 5.82. The minimum atomic E-state index is 0. The lowest BCUT2D eigenvalue weighted by Crippen LogP contribution is -2.37. The van der Waals surface area contributed by atoms with Gasteiger partial charge in [0.2, 0.25) is 0 Å². The highest BCUT2D eigenvalue weighted by molar-refractivity contribution is 9.09. The lowest BCUT2D eigenvalue weighted by atomic mass is 10.2. The highest BCUT2D eigenvalue weighted by atomic mass is 79.9. The standard InChI is InChI=1S/C6H12BrN.BrH/c7-3-1-4-8-5-2-6-8;/h1-6H2;1H. The molecule has 0 saturated carbocycles. The second-order valence-corrected chi connectivity index (χ2v) is 3.03. The van der Waals surface area contributed by atoms with Gasteiger partial charge in [0.05, 0.1) is 0 Å². The van der Waals surface area contributed by atoms with E-state index < -0.39 is 0 Å². The maximum Gasteiger partial charge on any atom is 0.00434 e. The van der Waals surface area contributed by atoms with Gasteiger partial charge in [0, 0.05) is 5.33 Å². The Morgan fingerprint density at radius 2 is 2.00 bits per heavy atom. The Morgan fingerprint density at radius 3 is 2.33 bits per heavy atom. The number of likely N-dealkylation sites (tertiary alicyclic amines) is 1. The van der Waals surface area contributed by atoms with E-state index in [0.29, 0.717) is 0 Å². The van der Waals surface area contributed by atoms with E-state index in [2.05, 4.69) is 20.8 Å². The van der Waals surface area contributed by atoms with E-state index >= 15 is 0 Å². The van der Waals surface area contributed by atoms with Gasteiger partial charge < -0.3 is 4.90 Å². The predicted molar refractivity (Wildman–Crippen MR) is 49.8 cm³/mol. The summed E-state index contributed by atoms with van der Waals surface area (Å²) in [6, 6.07) is 0. The fraction of sp³-hybridized carbons (Fsp3) is 1.00. The lowest BCUT2D eigenvalue weighted by molar-refractivity contribution is 0.183. The molecule has 0 aliphatic carbocycles. The van der Waals surface area contributed by atoms with Gasteiger partial charge in [-0.3, -0.25) is 0 Å². The summed E-state index contributed by atoms with van der Waals surface area (Å²) in [6.07, 6.45) is 2.72. The largest absolute Gasteiger partial charge is 0.303 e. The maximum atomic E-state index is 3.40. The number of nitrogens with zero attached hydrogens (tertiary/aromatic N) is 1. The van der Waals surface area contributed by atoms with E-state index in [1.807, 2.05) is 0 Å². The summed E-state index contributed by atoms with van der Waals surface area (Å²) >= 11 is 3.40. The van der Waals surface area contributed by atoms with Crippen molar-refractivity contribution in [1.29, 1.82) is 0 Å². The van der Waals surface area contributed by atoms with E-state index in [0.717, 1.165) is 5.33 Å². The molecule has 9 heavy (non-hydrogen) atoms. The molecular formula is C6H13Br2N. The SMILES string of the molecule is Br.BrCCCN1CCC1. The van der Waals surface area contributed by atoms with Crippen molar-refractivity contribution in [2.75, 3.05) is 25.0 Å². The molecular weight excluding hydrogens is 246 g/mol. The van der Waals surface area contributed by atoms with Crippen LogP contribution >= 0.6 is 32.9 Å². The Labute approximate surface area is 75.7 Å². The van der Waals surface area contributed by atoms with Gasteiger partial charge >= 0.3 is 0 Å². The van der Waals surface area contributed by atoms with Crippen molar-refractivity contribution in [3.05, 3.63) is 0 Å². The Balaban J connectivity index is 0.000000640. The third-order valence-corrected chi connectivity index (χ3v) is 2.12. The van der Waals surface area contributed by atoms with Gasteiger partial charge in [-0.15, -0.1) is 17.0 Å². The fourth-order valence-corrected chi connectivity index (χ4v) is 1.14. The van der Waals surface area contributed by atoms with Gasteiger partial charge in [-0.05, 0) is 32.5 Å². The van der Waals surface area contributed by atoms with Crippen LogP contribution in [0.2, 0.25) is 0 Å². The molecule has 56 valence electrons. The zero-order valence-corrected chi connectivity index (χ0v) is 8.78. The van der Waals surface area contributed by atoms with Gasteiger partial charge in [0.15, 0.2) is 0 Å². The molecule has 0 N–H and O–H groups in total. The Morgan fingerprint density at radius 1 is 1.33 bits per heavy atom. The monoisotopic (exact) mass is 257 g/mol. The Bertz CT molecular complexity index is 64.1. The van der Waals surface area contributed by atoms with Crippen LogP contribution in [0, 0.1) is 0 Å². The number of hydrogen-bond acceptors (Lipinski definition) is 1. The van der Waals surface area contributed by atoms with Gasteiger partial charge in [0.1, 0.15) is 0 Å². The molecule has 0 aromatic carbocycles. The van der Waals surface area contributed by atoms with E-state index in [1.54, 1.807) is 0 Å². The summed E-state index contributed by atoms with van der Waals surface area (Å²) in [5.41, 5.74) is 0. The second-order valence-electron chi connectivity index (χ2n) is 2.24.